The first-order chi connectivity index (χ1) is 9.11. The smallest absolute Gasteiger partial charge is 0.188 e. The van der Waals surface area contributed by atoms with Crippen molar-refractivity contribution in [2.75, 3.05) is 12.8 Å². The Balaban J connectivity index is 1.97. The van der Waals surface area contributed by atoms with E-state index in [9.17, 15) is 0 Å². The van der Waals surface area contributed by atoms with Gasteiger partial charge in [0, 0.05) is 23.2 Å². The van der Waals surface area contributed by atoms with E-state index in [1.54, 1.807) is 11.8 Å². The zero-order valence-electron chi connectivity index (χ0n) is 12.5. The van der Waals surface area contributed by atoms with Crippen LogP contribution in [0, 0.1) is 26.7 Å². The van der Waals surface area contributed by atoms with E-state index in [1.807, 2.05) is 0 Å². The second-order valence-electron chi connectivity index (χ2n) is 5.55. The molecule has 0 amide bonds. The largest absolute Gasteiger partial charge is 0.316 e. The molecule has 0 aromatic carbocycles. The highest BCUT2D eigenvalue weighted by Gasteiger charge is 2.24. The van der Waals surface area contributed by atoms with Crippen LogP contribution < -0.4 is 5.32 Å². The van der Waals surface area contributed by atoms with E-state index in [0.717, 1.165) is 28.2 Å². The molecule has 106 valence electrons. The van der Waals surface area contributed by atoms with E-state index >= 15 is 0 Å². The van der Waals surface area contributed by atoms with Crippen LogP contribution in [0.4, 0.5) is 0 Å². The van der Waals surface area contributed by atoms with E-state index in [-0.39, 0.29) is 0 Å². The van der Waals surface area contributed by atoms with Crippen molar-refractivity contribution >= 4 is 11.8 Å². The minimum Gasteiger partial charge on any atom is -0.316 e. The van der Waals surface area contributed by atoms with Gasteiger partial charge < -0.3 is 5.32 Å². The van der Waals surface area contributed by atoms with Gasteiger partial charge in [-0.15, -0.1) is 0 Å². The maximum Gasteiger partial charge on any atom is 0.188 e. The molecule has 1 aromatic rings. The molecule has 4 heteroatoms. The van der Waals surface area contributed by atoms with E-state index in [4.69, 9.17) is 0 Å². The van der Waals surface area contributed by atoms with Gasteiger partial charge in [0.2, 0.25) is 0 Å². The predicted molar refractivity (Wildman–Crippen MR) is 81.8 cm³/mol. The van der Waals surface area contributed by atoms with Gasteiger partial charge >= 0.3 is 0 Å². The van der Waals surface area contributed by atoms with Crippen molar-refractivity contribution in [1.82, 2.24) is 15.3 Å². The number of aryl methyl sites for hydroxylation is 2. The SMILES string of the molecule is CNC(CSc1nc(C)c(C)c(C)n1)C1CCCC1. The Labute approximate surface area is 121 Å². The van der Waals surface area contributed by atoms with Crippen LogP contribution in [0.25, 0.3) is 0 Å². The van der Waals surface area contributed by atoms with Crippen LogP contribution in [0.2, 0.25) is 0 Å². The average molecular weight is 279 g/mol. The number of thioether (sulfide) groups is 1. The molecule has 1 unspecified atom stereocenters. The Morgan fingerprint density at radius 3 is 2.26 bits per heavy atom. The third kappa shape index (κ3) is 3.69. The summed E-state index contributed by atoms with van der Waals surface area (Å²) in [6.07, 6.45) is 5.54. The number of nitrogens with one attached hydrogen (secondary N) is 1. The summed E-state index contributed by atoms with van der Waals surface area (Å²) >= 11 is 1.79. The van der Waals surface area contributed by atoms with Crippen LogP contribution in [-0.4, -0.2) is 28.8 Å². The molecule has 1 aromatic heterocycles. The molecular formula is C15H25N3S. The van der Waals surface area contributed by atoms with Gasteiger partial charge in [0.05, 0.1) is 0 Å². The molecule has 0 bridgehead atoms. The van der Waals surface area contributed by atoms with E-state index in [0.29, 0.717) is 6.04 Å². The average Bonchev–Trinajstić information content (AvgIpc) is 2.90. The number of nitrogens with zero attached hydrogens (tertiary/aromatic N) is 2. The van der Waals surface area contributed by atoms with Gasteiger partial charge in [0.25, 0.3) is 0 Å². The van der Waals surface area contributed by atoms with E-state index in [1.165, 1.54) is 31.2 Å². The van der Waals surface area contributed by atoms with Crippen molar-refractivity contribution in [3.05, 3.63) is 17.0 Å². The fraction of sp³-hybridized carbons (Fsp3) is 0.733. The van der Waals surface area contributed by atoms with Crippen molar-refractivity contribution in [1.29, 1.82) is 0 Å². The van der Waals surface area contributed by atoms with E-state index in [2.05, 4.69) is 43.1 Å². The number of hydrogen-bond acceptors (Lipinski definition) is 4. The van der Waals surface area contributed by atoms with Crippen molar-refractivity contribution in [3.63, 3.8) is 0 Å². The Bertz CT molecular complexity index is 404. The summed E-state index contributed by atoms with van der Waals surface area (Å²) in [5, 5.41) is 4.41. The van der Waals surface area contributed by atoms with Gasteiger partial charge in [-0.05, 0) is 52.1 Å². The summed E-state index contributed by atoms with van der Waals surface area (Å²) < 4.78 is 0. The molecule has 3 nitrogen and oxygen atoms in total. The summed E-state index contributed by atoms with van der Waals surface area (Å²) in [7, 11) is 2.08. The maximum absolute atomic E-state index is 4.59. The monoisotopic (exact) mass is 279 g/mol. The van der Waals surface area contributed by atoms with Crippen LogP contribution in [0.3, 0.4) is 0 Å². The summed E-state index contributed by atoms with van der Waals surface area (Å²) in [6.45, 7) is 6.23. The second-order valence-corrected chi connectivity index (χ2v) is 6.54. The third-order valence-electron chi connectivity index (χ3n) is 4.34. The predicted octanol–water partition coefficient (Wildman–Crippen LogP) is 3.27. The maximum atomic E-state index is 4.59. The minimum atomic E-state index is 0.595. The van der Waals surface area contributed by atoms with Gasteiger partial charge in [-0.2, -0.15) is 0 Å². The fourth-order valence-corrected chi connectivity index (χ4v) is 3.96. The van der Waals surface area contributed by atoms with Crippen LogP contribution in [-0.2, 0) is 0 Å². The van der Waals surface area contributed by atoms with Gasteiger partial charge in [-0.1, -0.05) is 24.6 Å². The Hall–Kier alpha value is -0.610. The molecule has 1 saturated carbocycles. The van der Waals surface area contributed by atoms with Crippen molar-refractivity contribution in [3.8, 4) is 0 Å². The molecule has 19 heavy (non-hydrogen) atoms. The van der Waals surface area contributed by atoms with Crippen LogP contribution >= 0.6 is 11.8 Å². The first-order valence-electron chi connectivity index (χ1n) is 7.23. The highest BCUT2D eigenvalue weighted by atomic mass is 32.2. The van der Waals surface area contributed by atoms with Crippen LogP contribution in [0.5, 0.6) is 0 Å². The van der Waals surface area contributed by atoms with E-state index < -0.39 is 0 Å². The summed E-state index contributed by atoms with van der Waals surface area (Å²) in [6, 6.07) is 0.595. The molecule has 0 aliphatic heterocycles. The molecule has 1 N–H and O–H groups in total. The lowest BCUT2D eigenvalue weighted by molar-refractivity contribution is 0.410. The molecule has 1 fully saturated rings. The topological polar surface area (TPSA) is 37.8 Å². The lowest BCUT2D eigenvalue weighted by Crippen LogP contribution is -2.34. The molecule has 1 aliphatic carbocycles. The number of rotatable bonds is 5. The molecule has 2 rings (SSSR count). The van der Waals surface area contributed by atoms with Crippen LogP contribution in [0.1, 0.15) is 42.6 Å². The minimum absolute atomic E-state index is 0.595. The molecule has 1 atom stereocenters. The third-order valence-corrected chi connectivity index (χ3v) is 5.31. The van der Waals surface area contributed by atoms with Gasteiger partial charge in [-0.3, -0.25) is 0 Å². The molecular weight excluding hydrogens is 254 g/mol. The first kappa shape index (κ1) is 14.8. The normalized spacial score (nSPS) is 17.9. The lowest BCUT2D eigenvalue weighted by Gasteiger charge is -2.22. The van der Waals surface area contributed by atoms with Crippen molar-refractivity contribution in [2.24, 2.45) is 5.92 Å². The lowest BCUT2D eigenvalue weighted by atomic mass is 10.0. The highest BCUT2D eigenvalue weighted by Crippen LogP contribution is 2.30. The Morgan fingerprint density at radius 1 is 1.16 bits per heavy atom. The molecule has 0 spiro atoms. The summed E-state index contributed by atoms with van der Waals surface area (Å²) in [5.41, 5.74) is 3.43. The van der Waals surface area contributed by atoms with Crippen molar-refractivity contribution < 1.29 is 0 Å². The molecule has 1 heterocycles. The van der Waals surface area contributed by atoms with Crippen LogP contribution in [0.15, 0.2) is 5.16 Å². The Morgan fingerprint density at radius 2 is 1.74 bits per heavy atom. The summed E-state index contributed by atoms with van der Waals surface area (Å²) in [5.74, 6) is 1.91. The quantitative estimate of drug-likeness (QED) is 0.663. The molecule has 1 aliphatic rings. The zero-order valence-corrected chi connectivity index (χ0v) is 13.3. The summed E-state index contributed by atoms with van der Waals surface area (Å²) in [4.78, 5) is 9.18. The molecule has 0 radical (unpaired) electrons. The first-order valence-corrected chi connectivity index (χ1v) is 8.22. The number of hydrogen-bond donors (Lipinski definition) is 1. The zero-order chi connectivity index (χ0) is 13.8. The standard InChI is InChI=1S/C15H25N3S/c1-10-11(2)17-15(18-12(10)3)19-9-14(16-4)13-7-5-6-8-13/h13-14,16H,5-9H2,1-4H3. The van der Waals surface area contributed by atoms with Gasteiger partial charge in [-0.25, -0.2) is 9.97 Å². The number of aromatic nitrogens is 2. The van der Waals surface area contributed by atoms with Gasteiger partial charge in [0.1, 0.15) is 0 Å². The Kier molecular flexibility index (Phi) is 5.22. The molecule has 0 saturated heterocycles. The van der Waals surface area contributed by atoms with Gasteiger partial charge in [0.15, 0.2) is 5.16 Å². The fourth-order valence-electron chi connectivity index (χ4n) is 2.79. The highest BCUT2D eigenvalue weighted by molar-refractivity contribution is 7.99. The second kappa shape index (κ2) is 6.71. The van der Waals surface area contributed by atoms with Crippen molar-refractivity contribution in [2.45, 2.75) is 57.7 Å².